The van der Waals surface area contributed by atoms with Crippen LogP contribution in [-0.4, -0.2) is 49.4 Å². The second-order valence-corrected chi connectivity index (χ2v) is 6.72. The first-order valence-corrected chi connectivity index (χ1v) is 9.26. The Morgan fingerprint density at radius 3 is 2.25 bits per heavy atom. The highest BCUT2D eigenvalue weighted by Crippen LogP contribution is 2.19. The topological polar surface area (TPSA) is 43.9 Å². The van der Waals surface area contributed by atoms with Crippen molar-refractivity contribution in [1.82, 2.24) is 4.90 Å². The van der Waals surface area contributed by atoms with Crippen LogP contribution in [0, 0.1) is 11.6 Å². The molecule has 1 saturated heterocycles. The molecule has 1 aliphatic heterocycles. The quantitative estimate of drug-likeness (QED) is 0.792. The number of hydrogen-bond acceptors (Lipinski definition) is 3. The fraction of sp³-hybridized carbons (Fsp3) is 0.333. The fourth-order valence-corrected chi connectivity index (χ4v) is 3.34. The van der Waals surface area contributed by atoms with E-state index in [-0.39, 0.29) is 30.5 Å². The Morgan fingerprint density at radius 2 is 1.64 bits per heavy atom. The third-order valence-electron chi connectivity index (χ3n) is 4.90. The Morgan fingerprint density at radius 1 is 0.964 bits per heavy atom. The molecule has 0 unspecified atom stereocenters. The highest BCUT2D eigenvalue weighted by molar-refractivity contribution is 5.92. The van der Waals surface area contributed by atoms with E-state index >= 15 is 0 Å². The molecule has 0 aromatic heterocycles. The summed E-state index contributed by atoms with van der Waals surface area (Å²) in [6.07, 6.45) is 0.129. The summed E-state index contributed by atoms with van der Waals surface area (Å²) in [4.78, 5) is 29.8. The summed E-state index contributed by atoms with van der Waals surface area (Å²) in [6, 6.07) is 13.3. The normalized spacial score (nSPS) is 14.1. The van der Waals surface area contributed by atoms with Crippen LogP contribution in [0.2, 0.25) is 0 Å². The van der Waals surface area contributed by atoms with E-state index in [1.165, 1.54) is 17.9 Å². The van der Waals surface area contributed by atoms with Crippen LogP contribution in [0.25, 0.3) is 0 Å². The summed E-state index contributed by atoms with van der Waals surface area (Å²) in [6.45, 7) is 4.17. The van der Waals surface area contributed by atoms with Gasteiger partial charge in [-0.2, -0.15) is 0 Å². The number of benzene rings is 2. The lowest BCUT2D eigenvalue weighted by atomic mass is 10.2. The molecular formula is C21H23F2N3O2. The van der Waals surface area contributed by atoms with Gasteiger partial charge in [-0.05, 0) is 24.3 Å². The molecule has 0 radical (unpaired) electrons. The number of para-hydroxylation sites is 1. The van der Waals surface area contributed by atoms with E-state index in [4.69, 9.17) is 0 Å². The number of carbonyl (C=O) groups is 2. The van der Waals surface area contributed by atoms with Crippen molar-refractivity contribution < 1.29 is 18.4 Å². The lowest BCUT2D eigenvalue weighted by Gasteiger charge is -2.36. The van der Waals surface area contributed by atoms with Crippen molar-refractivity contribution in [1.29, 1.82) is 0 Å². The zero-order valence-corrected chi connectivity index (χ0v) is 15.8. The molecule has 2 amide bonds. The van der Waals surface area contributed by atoms with E-state index in [1.807, 2.05) is 30.3 Å². The van der Waals surface area contributed by atoms with Gasteiger partial charge in [0.05, 0.1) is 0 Å². The van der Waals surface area contributed by atoms with Gasteiger partial charge in [0.1, 0.15) is 0 Å². The average Bonchev–Trinajstić information content (AvgIpc) is 2.71. The summed E-state index contributed by atoms with van der Waals surface area (Å²) < 4.78 is 26.6. The van der Waals surface area contributed by atoms with Crippen molar-refractivity contribution in [2.45, 2.75) is 13.3 Å². The zero-order chi connectivity index (χ0) is 20.1. The monoisotopic (exact) mass is 387 g/mol. The van der Waals surface area contributed by atoms with Gasteiger partial charge >= 0.3 is 0 Å². The molecule has 148 valence electrons. The molecule has 0 bridgehead atoms. The minimum Gasteiger partial charge on any atom is -0.368 e. The Balaban J connectivity index is 1.55. The Labute approximate surface area is 163 Å². The molecule has 1 heterocycles. The van der Waals surface area contributed by atoms with Crippen molar-refractivity contribution in [3.8, 4) is 0 Å². The molecule has 0 spiro atoms. The number of carbonyl (C=O) groups excluding carboxylic acids is 2. The van der Waals surface area contributed by atoms with Gasteiger partial charge < -0.3 is 14.7 Å². The number of hydrogen-bond donors (Lipinski definition) is 0. The Kier molecular flexibility index (Phi) is 6.23. The molecule has 3 rings (SSSR count). The molecule has 0 saturated carbocycles. The van der Waals surface area contributed by atoms with Gasteiger partial charge in [-0.1, -0.05) is 18.2 Å². The molecule has 2 aromatic carbocycles. The van der Waals surface area contributed by atoms with Gasteiger partial charge in [0.2, 0.25) is 11.8 Å². The maximum Gasteiger partial charge on any atom is 0.224 e. The predicted octanol–water partition coefficient (Wildman–Crippen LogP) is 3.06. The molecule has 7 heteroatoms. The van der Waals surface area contributed by atoms with Crippen molar-refractivity contribution in [3.05, 3.63) is 60.2 Å². The van der Waals surface area contributed by atoms with Crippen LogP contribution in [-0.2, 0) is 9.59 Å². The Bertz CT molecular complexity index is 837. The molecule has 1 aliphatic rings. The van der Waals surface area contributed by atoms with Crippen LogP contribution < -0.4 is 9.80 Å². The van der Waals surface area contributed by atoms with Crippen LogP contribution in [0.5, 0.6) is 0 Å². The lowest BCUT2D eigenvalue weighted by molar-refractivity contribution is -0.131. The number of halogens is 2. The highest BCUT2D eigenvalue weighted by Gasteiger charge is 2.22. The molecule has 0 aliphatic carbocycles. The third kappa shape index (κ3) is 4.65. The van der Waals surface area contributed by atoms with Gasteiger partial charge in [0.15, 0.2) is 11.6 Å². The van der Waals surface area contributed by atoms with Gasteiger partial charge in [-0.25, -0.2) is 8.78 Å². The minimum atomic E-state index is -1.02. The highest BCUT2D eigenvalue weighted by atomic mass is 19.2. The smallest absolute Gasteiger partial charge is 0.224 e. The first-order valence-electron chi connectivity index (χ1n) is 9.26. The lowest BCUT2D eigenvalue weighted by Crippen LogP contribution is -2.49. The summed E-state index contributed by atoms with van der Waals surface area (Å²) in [5.41, 5.74) is 1.38. The molecule has 28 heavy (non-hydrogen) atoms. The molecule has 0 N–H and O–H groups in total. The van der Waals surface area contributed by atoms with E-state index in [1.54, 1.807) is 4.90 Å². The van der Waals surface area contributed by atoms with Crippen LogP contribution in [0.15, 0.2) is 48.5 Å². The van der Waals surface area contributed by atoms with Gasteiger partial charge in [-0.3, -0.25) is 9.59 Å². The van der Waals surface area contributed by atoms with Crippen LogP contribution >= 0.6 is 0 Å². The second-order valence-electron chi connectivity index (χ2n) is 6.72. The van der Waals surface area contributed by atoms with E-state index in [9.17, 15) is 18.4 Å². The van der Waals surface area contributed by atoms with Crippen molar-refractivity contribution in [2.24, 2.45) is 0 Å². The second kappa shape index (κ2) is 8.82. The van der Waals surface area contributed by atoms with Crippen LogP contribution in [0.4, 0.5) is 20.2 Å². The number of anilines is 2. The number of piperazine rings is 1. The molecule has 2 aromatic rings. The number of amides is 2. The van der Waals surface area contributed by atoms with Crippen molar-refractivity contribution in [2.75, 3.05) is 42.5 Å². The van der Waals surface area contributed by atoms with Crippen LogP contribution in [0.3, 0.4) is 0 Å². The van der Waals surface area contributed by atoms with Gasteiger partial charge in [-0.15, -0.1) is 0 Å². The Hall–Kier alpha value is -2.96. The SMILES string of the molecule is CC(=O)N(CCC(=O)N1CCN(c2ccccc2)CC1)c1ccc(F)c(F)c1. The largest absolute Gasteiger partial charge is 0.368 e. The maximum atomic E-state index is 13.5. The summed E-state index contributed by atoms with van der Waals surface area (Å²) in [5, 5.41) is 0. The van der Waals surface area contributed by atoms with E-state index < -0.39 is 11.6 Å². The van der Waals surface area contributed by atoms with E-state index in [0.717, 1.165) is 30.9 Å². The fourth-order valence-electron chi connectivity index (χ4n) is 3.34. The third-order valence-corrected chi connectivity index (χ3v) is 4.90. The van der Waals surface area contributed by atoms with Crippen LogP contribution in [0.1, 0.15) is 13.3 Å². The van der Waals surface area contributed by atoms with Crippen molar-refractivity contribution >= 4 is 23.2 Å². The molecule has 0 atom stereocenters. The van der Waals surface area contributed by atoms with Crippen molar-refractivity contribution in [3.63, 3.8) is 0 Å². The zero-order valence-electron chi connectivity index (χ0n) is 15.8. The molecule has 5 nitrogen and oxygen atoms in total. The summed E-state index contributed by atoms with van der Waals surface area (Å²) in [5.74, 6) is -2.37. The van der Waals surface area contributed by atoms with E-state index in [2.05, 4.69) is 4.90 Å². The minimum absolute atomic E-state index is 0.0541. The van der Waals surface area contributed by atoms with Gasteiger partial charge in [0.25, 0.3) is 0 Å². The number of nitrogens with zero attached hydrogens (tertiary/aromatic N) is 3. The average molecular weight is 387 g/mol. The summed E-state index contributed by atoms with van der Waals surface area (Å²) >= 11 is 0. The number of rotatable bonds is 5. The predicted molar refractivity (Wildman–Crippen MR) is 104 cm³/mol. The standard InChI is InChI=1S/C21H23F2N3O2/c1-16(27)26(18-7-8-19(22)20(23)15-18)10-9-21(28)25-13-11-24(12-14-25)17-5-3-2-4-6-17/h2-8,15H,9-14H2,1H3. The van der Waals surface area contributed by atoms with E-state index in [0.29, 0.717) is 13.1 Å². The molecular weight excluding hydrogens is 364 g/mol. The van der Waals surface area contributed by atoms with Gasteiger partial charge in [0, 0.05) is 63.5 Å². The maximum absolute atomic E-state index is 13.5. The first kappa shape index (κ1) is 19.8. The first-order chi connectivity index (χ1) is 13.5. The molecule has 1 fully saturated rings. The summed E-state index contributed by atoms with van der Waals surface area (Å²) in [7, 11) is 0.